The van der Waals surface area contributed by atoms with Crippen LogP contribution in [0.15, 0.2) is 0 Å². The molecule has 0 aliphatic heterocycles. The first-order valence-electron chi connectivity index (χ1n) is 7.35. The summed E-state index contributed by atoms with van der Waals surface area (Å²) in [6, 6.07) is 0. The molecule has 0 aromatic carbocycles. The molecule has 0 aromatic heterocycles. The Labute approximate surface area is 163 Å². The molecule has 0 heterocycles. The minimum atomic E-state index is -0.993. The molecule has 132 valence electrons. The lowest BCUT2D eigenvalue weighted by Crippen LogP contribution is -2.44. The molecule has 3 unspecified atom stereocenters. The van der Waals surface area contributed by atoms with Gasteiger partial charge in [0, 0.05) is 6.42 Å². The summed E-state index contributed by atoms with van der Waals surface area (Å²) < 4.78 is 9.46. The summed E-state index contributed by atoms with van der Waals surface area (Å²) in [6.07, 6.45) is -0.222. The van der Waals surface area contributed by atoms with Crippen molar-refractivity contribution in [3.05, 3.63) is 0 Å². The number of carbonyl (C=O) groups is 3. The van der Waals surface area contributed by atoms with Crippen molar-refractivity contribution in [1.29, 1.82) is 0 Å². The number of carboxylic acid groups (broad SMARTS) is 1. The smallest absolute Gasteiger partial charge is 0.321 e. The summed E-state index contributed by atoms with van der Waals surface area (Å²) in [6.45, 7) is 6.89. The molecule has 1 aliphatic rings. The van der Waals surface area contributed by atoms with Gasteiger partial charge in [0.05, 0.1) is 5.92 Å². The average Bonchev–Trinajstić information content (AvgIpc) is 2.36. The minimum absolute atomic E-state index is 0.216. The summed E-state index contributed by atoms with van der Waals surface area (Å²) >= 11 is 3.94. The summed E-state index contributed by atoms with van der Waals surface area (Å²) in [5.74, 6) is -2.57. The van der Waals surface area contributed by atoms with Crippen LogP contribution in [0.2, 0.25) is 0 Å². The zero-order valence-electron chi connectivity index (χ0n) is 13.6. The van der Waals surface area contributed by atoms with Crippen molar-refractivity contribution < 1.29 is 29.0 Å². The number of carbonyl (C=O) groups excluding carboxylic acids is 2. The fourth-order valence-corrected chi connectivity index (χ4v) is 2.44. The highest BCUT2D eigenvalue weighted by Crippen LogP contribution is 2.32. The van der Waals surface area contributed by atoms with E-state index in [2.05, 4.69) is 0 Å². The first-order valence-corrected chi connectivity index (χ1v) is 9.51. The Balaban J connectivity index is 2.79. The zero-order valence-corrected chi connectivity index (χ0v) is 17.9. The van der Waals surface area contributed by atoms with Crippen LogP contribution >= 0.6 is 45.2 Å². The van der Waals surface area contributed by atoms with Crippen LogP contribution in [0.3, 0.4) is 0 Å². The summed E-state index contributed by atoms with van der Waals surface area (Å²) in [5, 5.41) is 9.32. The lowest BCUT2D eigenvalue weighted by Gasteiger charge is -2.35. The molecule has 3 atom stereocenters. The molecule has 23 heavy (non-hydrogen) atoms. The van der Waals surface area contributed by atoms with Gasteiger partial charge in [-0.05, 0) is 40.5 Å². The summed E-state index contributed by atoms with van der Waals surface area (Å²) in [7, 11) is 0. The van der Waals surface area contributed by atoms with Gasteiger partial charge in [-0.15, -0.1) is 0 Å². The number of alkyl halides is 2. The molecule has 0 spiro atoms. The fourth-order valence-electron chi connectivity index (χ4n) is 2.18. The molecule has 6 nitrogen and oxygen atoms in total. The number of rotatable bonds is 5. The molecule has 0 aromatic rings. The highest BCUT2D eigenvalue weighted by molar-refractivity contribution is 14.1. The van der Waals surface area contributed by atoms with E-state index in [1.807, 2.05) is 45.2 Å². The van der Waals surface area contributed by atoms with E-state index >= 15 is 0 Å². The van der Waals surface area contributed by atoms with Gasteiger partial charge in [0.1, 0.15) is 19.1 Å². The normalized spacial score (nSPS) is 25.6. The standard InChI is InChI=1S/C15H22I2O6/c1-14(2,16)12(20)22-8-5-6-9(11(18)19)10(7-8)23-13(21)15(3,4)17/h8-10H,5-7H2,1-4H3,(H,18,19). The van der Waals surface area contributed by atoms with Crippen molar-refractivity contribution in [3.63, 3.8) is 0 Å². The van der Waals surface area contributed by atoms with Gasteiger partial charge in [0.2, 0.25) is 0 Å². The van der Waals surface area contributed by atoms with Crippen LogP contribution in [0.5, 0.6) is 0 Å². The number of halogens is 2. The Bertz CT molecular complexity index is 477. The van der Waals surface area contributed by atoms with Crippen molar-refractivity contribution in [2.45, 2.75) is 66.0 Å². The molecular weight excluding hydrogens is 530 g/mol. The summed E-state index contributed by atoms with van der Waals surface area (Å²) in [5.41, 5.74) is 0. The van der Waals surface area contributed by atoms with E-state index in [0.717, 1.165) is 0 Å². The van der Waals surface area contributed by atoms with E-state index in [0.29, 0.717) is 12.8 Å². The van der Waals surface area contributed by atoms with Crippen LogP contribution in [0.25, 0.3) is 0 Å². The van der Waals surface area contributed by atoms with Crippen molar-refractivity contribution in [2.24, 2.45) is 5.92 Å². The van der Waals surface area contributed by atoms with Crippen LogP contribution in [-0.2, 0) is 23.9 Å². The Morgan fingerprint density at radius 3 is 1.87 bits per heavy atom. The molecule has 1 rings (SSSR count). The molecule has 0 radical (unpaired) electrons. The van der Waals surface area contributed by atoms with E-state index < -0.39 is 36.9 Å². The minimum Gasteiger partial charge on any atom is -0.481 e. The highest BCUT2D eigenvalue weighted by Gasteiger charge is 2.41. The lowest BCUT2D eigenvalue weighted by molar-refractivity contribution is -0.169. The molecule has 0 amide bonds. The predicted molar refractivity (Wildman–Crippen MR) is 101 cm³/mol. The van der Waals surface area contributed by atoms with Gasteiger partial charge < -0.3 is 14.6 Å². The Kier molecular flexibility index (Phi) is 7.12. The number of esters is 2. The van der Waals surface area contributed by atoms with Crippen LogP contribution < -0.4 is 0 Å². The monoisotopic (exact) mass is 552 g/mol. The van der Waals surface area contributed by atoms with E-state index in [-0.39, 0.29) is 12.4 Å². The van der Waals surface area contributed by atoms with E-state index in [1.54, 1.807) is 27.7 Å². The van der Waals surface area contributed by atoms with Crippen LogP contribution in [-0.4, -0.2) is 42.1 Å². The number of carboxylic acids is 1. The maximum Gasteiger partial charge on any atom is 0.321 e. The van der Waals surface area contributed by atoms with Gasteiger partial charge in [-0.1, -0.05) is 45.2 Å². The topological polar surface area (TPSA) is 89.9 Å². The Hall–Kier alpha value is -0.130. The summed E-state index contributed by atoms with van der Waals surface area (Å²) in [4.78, 5) is 35.4. The molecule has 8 heteroatoms. The van der Waals surface area contributed by atoms with E-state index in [9.17, 15) is 19.5 Å². The number of ether oxygens (including phenoxy) is 2. The maximum absolute atomic E-state index is 12.1. The number of hydrogen-bond acceptors (Lipinski definition) is 5. The number of aliphatic carboxylic acids is 1. The predicted octanol–water partition coefficient (Wildman–Crippen LogP) is 3.12. The fraction of sp³-hybridized carbons (Fsp3) is 0.800. The third kappa shape index (κ3) is 6.35. The van der Waals surface area contributed by atoms with Crippen molar-refractivity contribution in [2.75, 3.05) is 0 Å². The highest BCUT2D eigenvalue weighted by atomic mass is 127. The Morgan fingerprint density at radius 2 is 1.43 bits per heavy atom. The van der Waals surface area contributed by atoms with E-state index in [4.69, 9.17) is 9.47 Å². The molecule has 1 fully saturated rings. The van der Waals surface area contributed by atoms with Gasteiger partial charge in [-0.2, -0.15) is 0 Å². The van der Waals surface area contributed by atoms with Crippen molar-refractivity contribution in [3.8, 4) is 0 Å². The third-order valence-electron chi connectivity index (χ3n) is 3.56. The van der Waals surface area contributed by atoms with Crippen LogP contribution in [0.4, 0.5) is 0 Å². The lowest BCUT2D eigenvalue weighted by atomic mass is 9.84. The van der Waals surface area contributed by atoms with Gasteiger partial charge in [0.15, 0.2) is 0 Å². The molecule has 1 N–H and O–H groups in total. The van der Waals surface area contributed by atoms with Gasteiger partial charge in [-0.25, -0.2) is 0 Å². The second kappa shape index (κ2) is 7.83. The van der Waals surface area contributed by atoms with Crippen molar-refractivity contribution >= 4 is 63.1 Å². The van der Waals surface area contributed by atoms with Gasteiger partial charge in [-0.3, -0.25) is 14.4 Å². The Morgan fingerprint density at radius 1 is 0.957 bits per heavy atom. The zero-order chi connectivity index (χ0) is 18.0. The molecule has 0 bridgehead atoms. The molecule has 1 saturated carbocycles. The second-order valence-corrected chi connectivity index (χ2v) is 12.1. The third-order valence-corrected chi connectivity index (χ3v) is 4.44. The maximum atomic E-state index is 12.1. The van der Waals surface area contributed by atoms with Gasteiger partial charge >= 0.3 is 17.9 Å². The molecule has 0 saturated heterocycles. The van der Waals surface area contributed by atoms with Crippen LogP contribution in [0.1, 0.15) is 47.0 Å². The molecular formula is C15H22I2O6. The first-order chi connectivity index (χ1) is 10.3. The van der Waals surface area contributed by atoms with E-state index in [1.165, 1.54) is 0 Å². The van der Waals surface area contributed by atoms with Crippen LogP contribution in [0, 0.1) is 5.92 Å². The quantitative estimate of drug-likeness (QED) is 0.321. The average molecular weight is 552 g/mol. The molecule has 1 aliphatic carbocycles. The largest absolute Gasteiger partial charge is 0.481 e. The second-order valence-electron chi connectivity index (χ2n) is 6.67. The first kappa shape index (κ1) is 20.9. The van der Waals surface area contributed by atoms with Crippen molar-refractivity contribution in [1.82, 2.24) is 0 Å². The van der Waals surface area contributed by atoms with Gasteiger partial charge in [0.25, 0.3) is 0 Å². The SMILES string of the molecule is CC(C)(I)C(=O)OC1CCC(C(=O)O)C(OC(=O)C(C)(C)I)C1. The number of hydrogen-bond donors (Lipinski definition) is 1.